The molecule has 2 amide bonds. The average Bonchev–Trinajstić information content (AvgIpc) is 2.37. The number of phenols is 1. The molecule has 0 unspecified atom stereocenters. The second kappa shape index (κ2) is 5.71. The molecule has 104 valence electrons. The first kappa shape index (κ1) is 15.0. The Balaban J connectivity index is 2.77. The number of rotatable bonds is 3. The molecule has 0 radical (unpaired) electrons. The van der Waals surface area contributed by atoms with Crippen molar-refractivity contribution in [1.29, 1.82) is 0 Å². The van der Waals surface area contributed by atoms with Crippen molar-refractivity contribution in [3.8, 4) is 5.75 Å². The van der Waals surface area contributed by atoms with Gasteiger partial charge in [0, 0.05) is 12.7 Å². The van der Waals surface area contributed by atoms with Crippen LogP contribution in [0.25, 0.3) is 0 Å². The summed E-state index contributed by atoms with van der Waals surface area (Å²) in [6, 6.07) is 5.90. The van der Waals surface area contributed by atoms with Crippen LogP contribution in [0.3, 0.4) is 0 Å². The molecule has 0 bridgehead atoms. The molecular weight excluding hydrogens is 248 g/mol. The minimum atomic E-state index is -0.859. The Morgan fingerprint density at radius 1 is 1.26 bits per heavy atom. The summed E-state index contributed by atoms with van der Waals surface area (Å²) in [6.45, 7) is 2.95. The van der Waals surface area contributed by atoms with Crippen molar-refractivity contribution in [2.24, 2.45) is 0 Å². The van der Waals surface area contributed by atoms with Crippen LogP contribution >= 0.6 is 0 Å². The van der Waals surface area contributed by atoms with E-state index in [-0.39, 0.29) is 12.4 Å². The van der Waals surface area contributed by atoms with Gasteiger partial charge in [0.25, 0.3) is 0 Å². The molecule has 0 atom stereocenters. The molecule has 1 aromatic rings. The van der Waals surface area contributed by atoms with E-state index in [0.717, 1.165) is 0 Å². The molecule has 0 saturated heterocycles. The number of nitrogens with zero attached hydrogens (tertiary/aromatic N) is 1. The maximum Gasteiger partial charge on any atom is 0.316 e. The van der Waals surface area contributed by atoms with Crippen LogP contribution in [0.1, 0.15) is 13.8 Å². The van der Waals surface area contributed by atoms with Crippen LogP contribution in [-0.4, -0.2) is 41.2 Å². The number of likely N-dealkylation sites (N-methyl/N-ethyl adjacent to an activating group) is 1. The number of carbonyl (C=O) groups excluding carboxylic acids is 2. The van der Waals surface area contributed by atoms with E-state index < -0.39 is 17.4 Å². The van der Waals surface area contributed by atoms with Gasteiger partial charge in [0.1, 0.15) is 5.75 Å². The van der Waals surface area contributed by atoms with Crippen LogP contribution in [0.4, 0.5) is 5.69 Å². The number of carbonyl (C=O) groups is 2. The Kier molecular flexibility index (Phi) is 4.50. The van der Waals surface area contributed by atoms with Gasteiger partial charge in [-0.15, -0.1) is 0 Å². The first-order valence-corrected chi connectivity index (χ1v) is 5.77. The van der Waals surface area contributed by atoms with Crippen molar-refractivity contribution < 1.29 is 19.8 Å². The molecule has 0 aliphatic carbocycles. The molecule has 0 heterocycles. The van der Waals surface area contributed by atoms with Crippen LogP contribution in [0, 0.1) is 0 Å². The maximum absolute atomic E-state index is 11.9. The van der Waals surface area contributed by atoms with Crippen LogP contribution in [-0.2, 0) is 9.59 Å². The SMILES string of the molecule is CN(C(=O)C(=O)NC(C)(C)CO)c1ccc(O)cc1. The van der Waals surface area contributed by atoms with Gasteiger partial charge in [-0.1, -0.05) is 0 Å². The number of aromatic hydroxyl groups is 1. The Morgan fingerprint density at radius 2 is 1.79 bits per heavy atom. The highest BCUT2D eigenvalue weighted by Crippen LogP contribution is 2.17. The fourth-order valence-electron chi connectivity index (χ4n) is 1.35. The van der Waals surface area contributed by atoms with Gasteiger partial charge in [-0.05, 0) is 38.1 Å². The topological polar surface area (TPSA) is 89.9 Å². The first-order valence-electron chi connectivity index (χ1n) is 5.77. The van der Waals surface area contributed by atoms with Crippen LogP contribution < -0.4 is 10.2 Å². The third-order valence-corrected chi connectivity index (χ3v) is 2.58. The van der Waals surface area contributed by atoms with Crippen LogP contribution in [0.2, 0.25) is 0 Å². The lowest BCUT2D eigenvalue weighted by molar-refractivity contribution is -0.138. The zero-order valence-corrected chi connectivity index (χ0v) is 11.2. The van der Waals surface area contributed by atoms with Crippen LogP contribution in [0.15, 0.2) is 24.3 Å². The number of anilines is 1. The summed E-state index contributed by atoms with van der Waals surface area (Å²) >= 11 is 0. The van der Waals surface area contributed by atoms with E-state index in [4.69, 9.17) is 10.2 Å². The zero-order valence-electron chi connectivity index (χ0n) is 11.2. The lowest BCUT2D eigenvalue weighted by Gasteiger charge is -2.24. The lowest BCUT2D eigenvalue weighted by Crippen LogP contribution is -2.52. The van der Waals surface area contributed by atoms with E-state index in [1.807, 2.05) is 0 Å². The Hall–Kier alpha value is -2.08. The third-order valence-electron chi connectivity index (χ3n) is 2.58. The molecule has 19 heavy (non-hydrogen) atoms. The number of benzene rings is 1. The van der Waals surface area contributed by atoms with Crippen molar-refractivity contribution in [2.75, 3.05) is 18.6 Å². The molecule has 3 N–H and O–H groups in total. The van der Waals surface area contributed by atoms with Gasteiger partial charge in [-0.25, -0.2) is 0 Å². The molecule has 0 aromatic heterocycles. The number of hydrogen-bond donors (Lipinski definition) is 3. The minimum Gasteiger partial charge on any atom is -0.508 e. The van der Waals surface area contributed by atoms with E-state index >= 15 is 0 Å². The number of aliphatic hydroxyl groups is 1. The Labute approximate surface area is 111 Å². The Bertz CT molecular complexity index is 468. The number of amides is 2. The molecule has 6 heteroatoms. The minimum absolute atomic E-state index is 0.0791. The normalized spacial score (nSPS) is 10.9. The van der Waals surface area contributed by atoms with E-state index in [2.05, 4.69) is 5.32 Å². The molecule has 0 aliphatic rings. The molecule has 0 aliphatic heterocycles. The predicted molar refractivity (Wildman–Crippen MR) is 70.8 cm³/mol. The summed E-state index contributed by atoms with van der Waals surface area (Å²) in [5, 5.41) is 20.6. The summed E-state index contributed by atoms with van der Waals surface area (Å²) in [4.78, 5) is 24.8. The van der Waals surface area contributed by atoms with Crippen molar-refractivity contribution in [2.45, 2.75) is 19.4 Å². The van der Waals surface area contributed by atoms with Gasteiger partial charge in [0.15, 0.2) is 0 Å². The van der Waals surface area contributed by atoms with E-state index in [9.17, 15) is 9.59 Å². The van der Waals surface area contributed by atoms with Gasteiger partial charge in [0.05, 0.1) is 12.1 Å². The monoisotopic (exact) mass is 266 g/mol. The largest absolute Gasteiger partial charge is 0.508 e. The van der Waals surface area contributed by atoms with Gasteiger partial charge >= 0.3 is 11.8 Å². The highest BCUT2D eigenvalue weighted by Gasteiger charge is 2.26. The third kappa shape index (κ3) is 3.96. The number of hydrogen-bond acceptors (Lipinski definition) is 4. The van der Waals surface area contributed by atoms with Crippen molar-refractivity contribution in [3.05, 3.63) is 24.3 Å². The van der Waals surface area contributed by atoms with Gasteiger partial charge in [0.2, 0.25) is 0 Å². The quantitative estimate of drug-likeness (QED) is 0.684. The van der Waals surface area contributed by atoms with E-state index in [1.165, 1.54) is 36.2 Å². The molecule has 0 fully saturated rings. The summed E-state index contributed by atoms with van der Waals surface area (Å²) < 4.78 is 0. The summed E-state index contributed by atoms with van der Waals surface area (Å²) in [6.07, 6.45) is 0. The number of aliphatic hydroxyl groups excluding tert-OH is 1. The lowest BCUT2D eigenvalue weighted by atomic mass is 10.1. The van der Waals surface area contributed by atoms with E-state index in [0.29, 0.717) is 5.69 Å². The van der Waals surface area contributed by atoms with Crippen molar-refractivity contribution in [1.82, 2.24) is 5.32 Å². The smallest absolute Gasteiger partial charge is 0.316 e. The average molecular weight is 266 g/mol. The predicted octanol–water partition coefficient (Wildman–Crippen LogP) is 0.242. The molecule has 0 spiro atoms. The second-order valence-corrected chi connectivity index (χ2v) is 4.88. The molecule has 1 rings (SSSR count). The van der Waals surface area contributed by atoms with Gasteiger partial charge in [-0.2, -0.15) is 0 Å². The summed E-state index contributed by atoms with van der Waals surface area (Å²) in [5.74, 6) is -1.46. The molecule has 0 saturated carbocycles. The summed E-state index contributed by atoms with van der Waals surface area (Å²) in [7, 11) is 1.46. The van der Waals surface area contributed by atoms with E-state index in [1.54, 1.807) is 13.8 Å². The first-order chi connectivity index (χ1) is 8.76. The molecular formula is C13H18N2O4. The highest BCUT2D eigenvalue weighted by atomic mass is 16.3. The van der Waals surface area contributed by atoms with Crippen molar-refractivity contribution in [3.63, 3.8) is 0 Å². The molecule has 6 nitrogen and oxygen atoms in total. The fraction of sp³-hybridized carbons (Fsp3) is 0.385. The molecule has 1 aromatic carbocycles. The zero-order chi connectivity index (χ0) is 14.6. The summed E-state index contributed by atoms with van der Waals surface area (Å²) in [5.41, 5.74) is -0.373. The second-order valence-electron chi connectivity index (χ2n) is 4.88. The van der Waals surface area contributed by atoms with Gasteiger partial charge in [-0.3, -0.25) is 9.59 Å². The van der Waals surface area contributed by atoms with Gasteiger partial charge < -0.3 is 20.4 Å². The highest BCUT2D eigenvalue weighted by molar-refractivity contribution is 6.40. The van der Waals surface area contributed by atoms with Crippen LogP contribution in [0.5, 0.6) is 5.75 Å². The fourth-order valence-corrected chi connectivity index (χ4v) is 1.35. The van der Waals surface area contributed by atoms with Crippen molar-refractivity contribution >= 4 is 17.5 Å². The number of phenolic OH excluding ortho intramolecular Hbond substituents is 1. The standard InChI is InChI=1S/C13H18N2O4/c1-13(2,8-16)14-11(18)12(19)15(3)9-4-6-10(17)7-5-9/h4-7,16-17H,8H2,1-3H3,(H,14,18). The maximum atomic E-state index is 11.9. The Morgan fingerprint density at radius 3 is 2.26 bits per heavy atom. The number of nitrogens with one attached hydrogen (secondary N) is 1.